The Morgan fingerprint density at radius 2 is 1.13 bits per heavy atom. The van der Waals surface area contributed by atoms with Crippen LogP contribution in [0.3, 0.4) is 0 Å². The predicted molar refractivity (Wildman–Crippen MR) is 189 cm³/mol. The normalized spacial score (nSPS) is 13.3. The fourth-order valence-electron chi connectivity index (χ4n) is 7.54. The molecule has 1 aliphatic rings. The Morgan fingerprint density at radius 1 is 0.489 bits per heavy atom. The Balaban J connectivity index is 1.36. The van der Waals surface area contributed by atoms with Crippen molar-refractivity contribution in [2.45, 2.75) is 19.3 Å². The molecule has 1 heterocycles. The Morgan fingerprint density at radius 3 is 2.04 bits per heavy atom. The van der Waals surface area contributed by atoms with Crippen molar-refractivity contribution < 1.29 is 4.42 Å². The van der Waals surface area contributed by atoms with E-state index in [9.17, 15) is 0 Å². The highest BCUT2D eigenvalue weighted by molar-refractivity contribution is 6.14. The van der Waals surface area contributed by atoms with Crippen LogP contribution in [-0.4, -0.2) is 0 Å². The molecule has 0 unspecified atom stereocenters. The standard InChI is InChI=1S/C43H31NO/c1-43(2)35-19-8-5-16-33(35)41-32(18-11-20-36(41)43)31-15-6-9-21-37(31)44(30-26-25-28-13-3-4-14-29(28)27-30)38-22-12-24-40-42(38)34-17-7-10-23-39(34)45-40/h3-27H,1-2H3. The number of nitrogens with zero attached hydrogens (tertiary/aromatic N) is 1. The average molecular weight is 578 g/mol. The van der Waals surface area contributed by atoms with Gasteiger partial charge in [-0.15, -0.1) is 0 Å². The van der Waals surface area contributed by atoms with E-state index in [1.165, 1.54) is 44.2 Å². The van der Waals surface area contributed by atoms with Gasteiger partial charge in [-0.25, -0.2) is 0 Å². The summed E-state index contributed by atoms with van der Waals surface area (Å²) in [5.74, 6) is 0. The van der Waals surface area contributed by atoms with Gasteiger partial charge in [0, 0.05) is 22.1 Å². The number of rotatable bonds is 4. The molecule has 8 aromatic rings. The lowest BCUT2D eigenvalue weighted by atomic mass is 9.82. The summed E-state index contributed by atoms with van der Waals surface area (Å²) in [6.07, 6.45) is 0. The summed E-state index contributed by atoms with van der Waals surface area (Å²) in [6, 6.07) is 54.7. The average Bonchev–Trinajstić information content (AvgIpc) is 3.58. The maximum absolute atomic E-state index is 6.40. The molecule has 7 aromatic carbocycles. The smallest absolute Gasteiger partial charge is 0.137 e. The summed E-state index contributed by atoms with van der Waals surface area (Å²) in [6.45, 7) is 4.69. The molecule has 0 atom stereocenters. The molecule has 0 radical (unpaired) electrons. The van der Waals surface area contributed by atoms with E-state index in [1.54, 1.807) is 0 Å². The molecule has 214 valence electrons. The van der Waals surface area contributed by atoms with Crippen molar-refractivity contribution >= 4 is 49.8 Å². The largest absolute Gasteiger partial charge is 0.456 e. The van der Waals surface area contributed by atoms with Crippen LogP contribution in [0.1, 0.15) is 25.0 Å². The van der Waals surface area contributed by atoms with Gasteiger partial charge in [0.15, 0.2) is 0 Å². The maximum atomic E-state index is 6.40. The topological polar surface area (TPSA) is 16.4 Å². The summed E-state index contributed by atoms with van der Waals surface area (Å²) in [5.41, 5.74) is 12.9. The van der Waals surface area contributed by atoms with Gasteiger partial charge in [0.2, 0.25) is 0 Å². The highest BCUT2D eigenvalue weighted by atomic mass is 16.3. The maximum Gasteiger partial charge on any atom is 0.137 e. The van der Waals surface area contributed by atoms with Crippen molar-refractivity contribution in [2.24, 2.45) is 0 Å². The Labute approximate surface area is 262 Å². The minimum Gasteiger partial charge on any atom is -0.456 e. The lowest BCUT2D eigenvalue weighted by Crippen LogP contribution is -2.15. The van der Waals surface area contributed by atoms with E-state index in [0.717, 1.165) is 39.0 Å². The van der Waals surface area contributed by atoms with E-state index in [-0.39, 0.29) is 5.41 Å². The van der Waals surface area contributed by atoms with Crippen LogP contribution in [0.5, 0.6) is 0 Å². The van der Waals surface area contributed by atoms with Crippen molar-refractivity contribution in [1.29, 1.82) is 0 Å². The molecule has 9 rings (SSSR count). The second-order valence-electron chi connectivity index (χ2n) is 12.5. The van der Waals surface area contributed by atoms with E-state index in [0.29, 0.717) is 0 Å². The molecule has 0 spiro atoms. The lowest BCUT2D eigenvalue weighted by Gasteiger charge is -2.29. The number of anilines is 3. The van der Waals surface area contributed by atoms with Crippen LogP contribution in [0.25, 0.3) is 55.0 Å². The zero-order chi connectivity index (χ0) is 30.1. The highest BCUT2D eigenvalue weighted by Crippen LogP contribution is 2.54. The van der Waals surface area contributed by atoms with Crippen LogP contribution < -0.4 is 4.90 Å². The van der Waals surface area contributed by atoms with Crippen LogP contribution in [-0.2, 0) is 5.41 Å². The molecule has 0 saturated carbocycles. The van der Waals surface area contributed by atoms with Crippen LogP contribution >= 0.6 is 0 Å². The zero-order valence-electron chi connectivity index (χ0n) is 25.3. The second-order valence-corrected chi connectivity index (χ2v) is 12.5. The number of furan rings is 1. The van der Waals surface area contributed by atoms with Crippen LogP contribution in [0.2, 0.25) is 0 Å². The number of para-hydroxylation sites is 2. The third kappa shape index (κ3) is 3.82. The number of hydrogen-bond donors (Lipinski definition) is 0. The first-order valence-electron chi connectivity index (χ1n) is 15.6. The third-order valence-corrected chi connectivity index (χ3v) is 9.66. The molecule has 1 aromatic heterocycles. The molecule has 0 saturated heterocycles. The summed E-state index contributed by atoms with van der Waals surface area (Å²) < 4.78 is 6.40. The fourth-order valence-corrected chi connectivity index (χ4v) is 7.54. The van der Waals surface area contributed by atoms with Gasteiger partial charge >= 0.3 is 0 Å². The monoisotopic (exact) mass is 577 g/mol. The molecule has 0 bridgehead atoms. The van der Waals surface area contributed by atoms with Gasteiger partial charge in [-0.2, -0.15) is 0 Å². The van der Waals surface area contributed by atoms with Gasteiger partial charge < -0.3 is 9.32 Å². The van der Waals surface area contributed by atoms with Gasteiger partial charge in [0.05, 0.1) is 16.8 Å². The van der Waals surface area contributed by atoms with Gasteiger partial charge in [-0.1, -0.05) is 129 Å². The van der Waals surface area contributed by atoms with Gasteiger partial charge in [-0.05, 0) is 75.0 Å². The van der Waals surface area contributed by atoms with Gasteiger partial charge in [-0.3, -0.25) is 0 Å². The third-order valence-electron chi connectivity index (χ3n) is 9.66. The van der Waals surface area contributed by atoms with E-state index in [2.05, 4.69) is 164 Å². The minimum absolute atomic E-state index is 0.0732. The molecule has 45 heavy (non-hydrogen) atoms. The van der Waals surface area contributed by atoms with Gasteiger partial charge in [0.25, 0.3) is 0 Å². The van der Waals surface area contributed by atoms with Crippen molar-refractivity contribution in [3.8, 4) is 22.3 Å². The summed E-state index contributed by atoms with van der Waals surface area (Å²) in [7, 11) is 0. The lowest BCUT2D eigenvalue weighted by molar-refractivity contribution is 0.660. The molecule has 0 N–H and O–H groups in total. The first kappa shape index (κ1) is 25.9. The molecule has 2 nitrogen and oxygen atoms in total. The van der Waals surface area contributed by atoms with E-state index in [4.69, 9.17) is 4.42 Å². The van der Waals surface area contributed by atoms with Crippen molar-refractivity contribution in [3.63, 3.8) is 0 Å². The van der Waals surface area contributed by atoms with Gasteiger partial charge in [0.1, 0.15) is 11.2 Å². The van der Waals surface area contributed by atoms with E-state index < -0.39 is 0 Å². The predicted octanol–water partition coefficient (Wildman–Crippen LogP) is 12.2. The molecule has 0 aliphatic heterocycles. The first-order valence-corrected chi connectivity index (χ1v) is 15.6. The van der Waals surface area contributed by atoms with Crippen LogP contribution in [0.15, 0.2) is 156 Å². The van der Waals surface area contributed by atoms with Crippen molar-refractivity contribution in [3.05, 3.63) is 163 Å². The highest BCUT2D eigenvalue weighted by Gasteiger charge is 2.37. The number of fused-ring (bicyclic) bond motifs is 7. The Kier molecular flexibility index (Phi) is 5.58. The molecule has 0 fully saturated rings. The summed E-state index contributed by atoms with van der Waals surface area (Å²) in [5, 5.41) is 4.66. The Bertz CT molecular complexity index is 2430. The van der Waals surface area contributed by atoms with E-state index >= 15 is 0 Å². The van der Waals surface area contributed by atoms with E-state index in [1.807, 2.05) is 6.07 Å². The molecule has 1 aliphatic carbocycles. The SMILES string of the molecule is CC1(C)c2ccccc2-c2c(-c3ccccc3N(c3ccc4ccccc4c3)c3cccc4oc5ccccc5c34)cccc21. The fraction of sp³-hybridized carbons (Fsp3) is 0.0698. The Hall–Kier alpha value is -5.60. The minimum atomic E-state index is -0.0732. The van der Waals surface area contributed by atoms with Crippen LogP contribution in [0.4, 0.5) is 17.1 Å². The molecule has 0 amide bonds. The molecular weight excluding hydrogens is 546 g/mol. The summed E-state index contributed by atoms with van der Waals surface area (Å²) in [4.78, 5) is 2.43. The van der Waals surface area contributed by atoms with Crippen molar-refractivity contribution in [2.75, 3.05) is 4.90 Å². The quantitative estimate of drug-likeness (QED) is 0.207. The number of hydrogen-bond acceptors (Lipinski definition) is 2. The molecule has 2 heteroatoms. The van der Waals surface area contributed by atoms with Crippen molar-refractivity contribution in [1.82, 2.24) is 0 Å². The number of benzene rings is 7. The second kappa shape index (κ2) is 9.70. The first-order chi connectivity index (χ1) is 22.1. The zero-order valence-corrected chi connectivity index (χ0v) is 25.3. The molecular formula is C43H31NO. The summed E-state index contributed by atoms with van der Waals surface area (Å²) >= 11 is 0. The van der Waals surface area contributed by atoms with Crippen LogP contribution in [0, 0.1) is 0 Å².